The quantitative estimate of drug-likeness (QED) is 0.705. The molecule has 0 amide bonds. The third-order valence-corrected chi connectivity index (χ3v) is 2.75. The van der Waals surface area contributed by atoms with Gasteiger partial charge in [-0.1, -0.05) is 30.3 Å². The second-order valence-electron chi connectivity index (χ2n) is 4.25. The van der Waals surface area contributed by atoms with Gasteiger partial charge in [0.25, 0.3) is 0 Å². The molecule has 0 radical (unpaired) electrons. The van der Waals surface area contributed by atoms with Crippen molar-refractivity contribution < 1.29 is 9.47 Å². The first-order chi connectivity index (χ1) is 9.28. The second kappa shape index (κ2) is 6.64. The van der Waals surface area contributed by atoms with Crippen molar-refractivity contribution in [1.29, 1.82) is 0 Å². The third kappa shape index (κ3) is 4.18. The van der Waals surface area contributed by atoms with Gasteiger partial charge in [-0.25, -0.2) is 0 Å². The van der Waals surface area contributed by atoms with Gasteiger partial charge in [0.1, 0.15) is 18.1 Å². The van der Waals surface area contributed by atoms with Crippen LogP contribution in [-0.2, 0) is 11.3 Å². The van der Waals surface area contributed by atoms with Crippen LogP contribution >= 0.6 is 0 Å². The summed E-state index contributed by atoms with van der Waals surface area (Å²) in [6, 6.07) is 17.7. The molecular formula is C17H18O2. The molecule has 0 aliphatic carbocycles. The summed E-state index contributed by atoms with van der Waals surface area (Å²) in [5.74, 6) is 2.59. The van der Waals surface area contributed by atoms with Gasteiger partial charge in [-0.3, -0.25) is 0 Å². The molecule has 0 aliphatic heterocycles. The van der Waals surface area contributed by atoms with Crippen LogP contribution < -0.4 is 4.74 Å². The Morgan fingerprint density at radius 2 is 1.74 bits per heavy atom. The summed E-state index contributed by atoms with van der Waals surface area (Å²) in [4.78, 5) is 0. The Kier molecular flexibility index (Phi) is 4.62. The van der Waals surface area contributed by atoms with E-state index in [9.17, 15) is 0 Å². The fourth-order valence-corrected chi connectivity index (χ4v) is 1.60. The molecule has 0 aliphatic rings. The first kappa shape index (κ1) is 13.2. The number of rotatable bonds is 5. The lowest BCUT2D eigenvalue weighted by atomic mass is 10.2. The van der Waals surface area contributed by atoms with E-state index in [2.05, 4.69) is 0 Å². The van der Waals surface area contributed by atoms with Crippen molar-refractivity contribution in [3.63, 3.8) is 0 Å². The number of benzene rings is 2. The first-order valence-corrected chi connectivity index (χ1v) is 6.35. The predicted molar refractivity (Wildman–Crippen MR) is 77.2 cm³/mol. The van der Waals surface area contributed by atoms with Gasteiger partial charge in [-0.15, -0.1) is 0 Å². The highest BCUT2D eigenvalue weighted by Crippen LogP contribution is 2.22. The Bertz CT molecular complexity index is 544. The molecule has 98 valence electrons. The smallest absolute Gasteiger partial charge is 0.127 e. The number of allylic oxidation sites excluding steroid dienone is 2. The largest absolute Gasteiger partial charge is 0.494 e. The number of hydrogen-bond donors (Lipinski definition) is 0. The number of ether oxygens (including phenoxy) is 2. The van der Waals surface area contributed by atoms with Crippen LogP contribution in [0.25, 0.3) is 0 Å². The zero-order chi connectivity index (χ0) is 13.5. The molecule has 0 bridgehead atoms. The van der Waals surface area contributed by atoms with Crippen LogP contribution in [0, 0.1) is 0 Å². The summed E-state index contributed by atoms with van der Waals surface area (Å²) in [5, 5.41) is 0. The van der Waals surface area contributed by atoms with Gasteiger partial charge in [0.05, 0.1) is 5.76 Å². The van der Waals surface area contributed by atoms with E-state index in [0.717, 1.165) is 22.8 Å². The van der Waals surface area contributed by atoms with Gasteiger partial charge in [0.2, 0.25) is 0 Å². The molecule has 0 spiro atoms. The van der Waals surface area contributed by atoms with Gasteiger partial charge >= 0.3 is 0 Å². The van der Waals surface area contributed by atoms with Crippen LogP contribution in [-0.4, -0.2) is 0 Å². The lowest BCUT2D eigenvalue weighted by molar-refractivity contribution is 0.200. The molecule has 0 unspecified atom stereocenters. The minimum atomic E-state index is 0.558. The monoisotopic (exact) mass is 254 g/mol. The van der Waals surface area contributed by atoms with E-state index in [1.165, 1.54) is 0 Å². The maximum Gasteiger partial charge on any atom is 0.127 e. The molecule has 0 saturated carbocycles. The van der Waals surface area contributed by atoms with E-state index in [0.29, 0.717) is 6.61 Å². The van der Waals surface area contributed by atoms with Crippen molar-refractivity contribution in [2.75, 3.05) is 0 Å². The molecule has 0 fully saturated rings. The van der Waals surface area contributed by atoms with E-state index >= 15 is 0 Å². The highest BCUT2D eigenvalue weighted by Gasteiger charge is 1.99. The molecule has 0 heterocycles. The van der Waals surface area contributed by atoms with Gasteiger partial charge in [-0.2, -0.15) is 0 Å². The molecule has 2 rings (SSSR count). The predicted octanol–water partition coefficient (Wildman–Crippen LogP) is 4.92. The number of para-hydroxylation sites is 1. The molecule has 2 heteroatoms. The molecule has 0 aromatic heterocycles. The second-order valence-corrected chi connectivity index (χ2v) is 4.25. The fraction of sp³-hybridized carbons (Fsp3) is 0.176. The third-order valence-electron chi connectivity index (χ3n) is 2.75. The van der Waals surface area contributed by atoms with Crippen LogP contribution in [0.15, 0.2) is 66.4 Å². The average Bonchev–Trinajstić information content (AvgIpc) is 2.46. The summed E-state index contributed by atoms with van der Waals surface area (Å²) in [6.45, 7) is 4.47. The summed E-state index contributed by atoms with van der Waals surface area (Å²) >= 11 is 0. The maximum atomic E-state index is 5.78. The van der Waals surface area contributed by atoms with E-state index < -0.39 is 0 Å². The Morgan fingerprint density at radius 3 is 2.47 bits per heavy atom. The fourth-order valence-electron chi connectivity index (χ4n) is 1.60. The van der Waals surface area contributed by atoms with Gasteiger partial charge in [0.15, 0.2) is 0 Å². The Balaban J connectivity index is 2.03. The topological polar surface area (TPSA) is 18.5 Å². The molecule has 2 nitrogen and oxygen atoms in total. The van der Waals surface area contributed by atoms with Gasteiger partial charge in [-0.05, 0) is 49.8 Å². The van der Waals surface area contributed by atoms with Crippen LogP contribution in [0.5, 0.6) is 11.5 Å². The average molecular weight is 254 g/mol. The van der Waals surface area contributed by atoms with Crippen LogP contribution in [0.1, 0.15) is 19.4 Å². The van der Waals surface area contributed by atoms with Crippen molar-refractivity contribution in [1.82, 2.24) is 0 Å². The normalized spacial score (nSPS) is 11.2. The molecular weight excluding hydrogens is 236 g/mol. The van der Waals surface area contributed by atoms with Gasteiger partial charge in [0, 0.05) is 0 Å². The standard InChI is InChI=1S/C17H18O2/c1-3-14(2)18-13-15-8-7-11-17(12-15)19-16-9-5-4-6-10-16/h3-12H,13H2,1-2H3. The molecule has 2 aromatic carbocycles. The van der Waals surface area contributed by atoms with E-state index in [-0.39, 0.29) is 0 Å². The maximum absolute atomic E-state index is 5.78. The molecule has 19 heavy (non-hydrogen) atoms. The highest BCUT2D eigenvalue weighted by molar-refractivity contribution is 5.33. The van der Waals surface area contributed by atoms with Crippen molar-refractivity contribution in [2.45, 2.75) is 20.5 Å². The zero-order valence-electron chi connectivity index (χ0n) is 11.3. The lowest BCUT2D eigenvalue weighted by Gasteiger charge is -2.09. The zero-order valence-corrected chi connectivity index (χ0v) is 11.3. The van der Waals surface area contributed by atoms with Crippen LogP contribution in [0.2, 0.25) is 0 Å². The Hall–Kier alpha value is -2.22. The SMILES string of the molecule is CC=C(C)OCc1cccc(Oc2ccccc2)c1. The highest BCUT2D eigenvalue weighted by atomic mass is 16.5. The molecule has 0 atom stereocenters. The Morgan fingerprint density at radius 1 is 1.00 bits per heavy atom. The minimum Gasteiger partial charge on any atom is -0.494 e. The van der Waals surface area contributed by atoms with Crippen molar-refractivity contribution in [2.24, 2.45) is 0 Å². The van der Waals surface area contributed by atoms with Crippen molar-refractivity contribution in [3.05, 3.63) is 72.0 Å². The lowest BCUT2D eigenvalue weighted by Crippen LogP contribution is -1.92. The number of hydrogen-bond acceptors (Lipinski definition) is 2. The van der Waals surface area contributed by atoms with E-state index in [4.69, 9.17) is 9.47 Å². The summed E-state index contributed by atoms with van der Waals surface area (Å²) in [6.07, 6.45) is 1.95. The summed E-state index contributed by atoms with van der Waals surface area (Å²) in [5.41, 5.74) is 1.09. The Labute approximate surface area is 114 Å². The summed E-state index contributed by atoms with van der Waals surface area (Å²) < 4.78 is 11.4. The van der Waals surface area contributed by atoms with E-state index in [1.54, 1.807) is 0 Å². The molecule has 0 N–H and O–H groups in total. The molecule has 0 saturated heterocycles. The van der Waals surface area contributed by atoms with Gasteiger partial charge < -0.3 is 9.47 Å². The van der Waals surface area contributed by atoms with Crippen molar-refractivity contribution >= 4 is 0 Å². The molecule has 2 aromatic rings. The van der Waals surface area contributed by atoms with Crippen molar-refractivity contribution in [3.8, 4) is 11.5 Å². The summed E-state index contributed by atoms with van der Waals surface area (Å²) in [7, 11) is 0. The van der Waals surface area contributed by atoms with Crippen LogP contribution in [0.3, 0.4) is 0 Å². The van der Waals surface area contributed by atoms with E-state index in [1.807, 2.05) is 74.5 Å². The van der Waals surface area contributed by atoms with Crippen LogP contribution in [0.4, 0.5) is 0 Å². The first-order valence-electron chi connectivity index (χ1n) is 6.35. The minimum absolute atomic E-state index is 0.558.